The van der Waals surface area contributed by atoms with Gasteiger partial charge in [0.25, 0.3) is 0 Å². The van der Waals surface area contributed by atoms with E-state index in [1.165, 1.54) is 36.5 Å². The van der Waals surface area contributed by atoms with Crippen molar-refractivity contribution in [3.8, 4) is 11.5 Å². The molecule has 0 bridgehead atoms. The maximum atomic E-state index is 14.5. The summed E-state index contributed by atoms with van der Waals surface area (Å²) in [6.07, 6.45) is -3.44. The normalized spacial score (nSPS) is 14.2. The van der Waals surface area contributed by atoms with E-state index >= 15 is 0 Å². The second-order valence-electron chi connectivity index (χ2n) is 7.49. The summed E-state index contributed by atoms with van der Waals surface area (Å²) >= 11 is 0. The lowest BCUT2D eigenvalue weighted by atomic mass is 9.88. The summed E-state index contributed by atoms with van der Waals surface area (Å²) < 4.78 is 61.2. The molecule has 3 aromatic rings. The van der Waals surface area contributed by atoms with Crippen LogP contribution >= 0.6 is 0 Å². The molecule has 170 valence electrons. The van der Waals surface area contributed by atoms with E-state index in [9.17, 15) is 27.2 Å². The minimum Gasteiger partial charge on any atom is -0.486 e. The van der Waals surface area contributed by atoms with Gasteiger partial charge >= 0.3 is 6.36 Å². The first-order valence-electron chi connectivity index (χ1n) is 9.96. The van der Waals surface area contributed by atoms with Crippen molar-refractivity contribution >= 4 is 11.6 Å². The fraction of sp³-hybridized carbons (Fsp3) is 0.208. The molecule has 0 radical (unpaired) electrons. The molecule has 0 unspecified atom stereocenters. The monoisotopic (exact) mass is 459 g/mol. The standard InChI is InChI=1S/C24H17F4NO4/c25-20-2-1-9-29-23(20)19(14-5-7-18(8-6-14)33-24(26,27)28)12-21(31)15-3-4-16-10-17(30)13-32-22(16)11-15/h1-9,11,19H,10,12-13H2/t19-/m0/s1. The highest BCUT2D eigenvalue weighted by atomic mass is 19.4. The first-order valence-corrected chi connectivity index (χ1v) is 9.96. The van der Waals surface area contributed by atoms with Crippen molar-refractivity contribution in [2.45, 2.75) is 25.1 Å². The molecule has 1 atom stereocenters. The zero-order valence-corrected chi connectivity index (χ0v) is 17.1. The third-order valence-corrected chi connectivity index (χ3v) is 5.19. The molecule has 0 saturated heterocycles. The Bertz CT molecular complexity index is 1190. The second kappa shape index (κ2) is 9.01. The predicted molar refractivity (Wildman–Crippen MR) is 109 cm³/mol. The van der Waals surface area contributed by atoms with Gasteiger partial charge in [-0.05, 0) is 35.9 Å². The Kier molecular flexibility index (Phi) is 6.13. The van der Waals surface area contributed by atoms with E-state index in [0.717, 1.165) is 12.1 Å². The third-order valence-electron chi connectivity index (χ3n) is 5.19. The molecule has 1 aliphatic heterocycles. The highest BCUT2D eigenvalue weighted by Gasteiger charge is 2.31. The van der Waals surface area contributed by atoms with Gasteiger partial charge in [-0.15, -0.1) is 13.2 Å². The van der Waals surface area contributed by atoms with Crippen LogP contribution in [0.25, 0.3) is 0 Å². The van der Waals surface area contributed by atoms with Crippen LogP contribution in [0.4, 0.5) is 17.6 Å². The number of aromatic nitrogens is 1. The molecule has 9 heteroatoms. The molecule has 0 N–H and O–H groups in total. The summed E-state index contributed by atoms with van der Waals surface area (Å²) in [6.45, 7) is -0.0707. The fourth-order valence-corrected chi connectivity index (χ4v) is 3.66. The molecule has 2 aromatic carbocycles. The fourth-order valence-electron chi connectivity index (χ4n) is 3.66. The smallest absolute Gasteiger partial charge is 0.486 e. The first-order chi connectivity index (χ1) is 15.7. The summed E-state index contributed by atoms with van der Waals surface area (Å²) in [4.78, 5) is 28.7. The molecule has 2 heterocycles. The SMILES string of the molecule is O=C1COc2cc(C(=O)C[C@@H](c3ccc(OC(F)(F)F)cc3)c3ncccc3F)ccc2C1. The van der Waals surface area contributed by atoms with Gasteiger partial charge in [-0.25, -0.2) is 4.39 Å². The Morgan fingerprint density at radius 3 is 2.58 bits per heavy atom. The van der Waals surface area contributed by atoms with Crippen molar-refractivity contribution in [3.05, 3.63) is 89.0 Å². The second-order valence-corrected chi connectivity index (χ2v) is 7.49. The highest BCUT2D eigenvalue weighted by Crippen LogP contribution is 2.33. The molecule has 0 fully saturated rings. The zero-order valence-electron chi connectivity index (χ0n) is 17.1. The van der Waals surface area contributed by atoms with Gasteiger partial charge in [-0.2, -0.15) is 0 Å². The maximum Gasteiger partial charge on any atom is 0.573 e. The predicted octanol–water partition coefficient (Wildman–Crippen LogP) is 5.03. The van der Waals surface area contributed by atoms with Gasteiger partial charge in [0.2, 0.25) is 0 Å². The first kappa shape index (κ1) is 22.4. The van der Waals surface area contributed by atoms with Crippen LogP contribution in [0.3, 0.4) is 0 Å². The number of Topliss-reactive ketones (excluding diaryl/α,β-unsaturated/α-hetero) is 2. The largest absolute Gasteiger partial charge is 0.573 e. The molecule has 5 nitrogen and oxygen atoms in total. The van der Waals surface area contributed by atoms with Gasteiger partial charge in [0.1, 0.15) is 23.9 Å². The molecule has 4 rings (SSSR count). The topological polar surface area (TPSA) is 65.5 Å². The lowest BCUT2D eigenvalue weighted by Gasteiger charge is -2.19. The quantitative estimate of drug-likeness (QED) is 0.382. The van der Waals surface area contributed by atoms with Gasteiger partial charge in [-0.1, -0.05) is 24.3 Å². The molecular weight excluding hydrogens is 442 g/mol. The molecule has 1 aliphatic rings. The summed E-state index contributed by atoms with van der Waals surface area (Å²) in [5.74, 6) is -1.89. The summed E-state index contributed by atoms with van der Waals surface area (Å²) in [5, 5.41) is 0. The van der Waals surface area contributed by atoms with Gasteiger partial charge in [0.15, 0.2) is 11.6 Å². The molecule has 0 aliphatic carbocycles. The summed E-state index contributed by atoms with van der Waals surface area (Å²) in [7, 11) is 0. The maximum absolute atomic E-state index is 14.5. The van der Waals surface area contributed by atoms with E-state index in [4.69, 9.17) is 4.74 Å². The van der Waals surface area contributed by atoms with Crippen molar-refractivity contribution in [2.75, 3.05) is 6.61 Å². The third kappa shape index (κ3) is 5.36. The van der Waals surface area contributed by atoms with Crippen LogP contribution in [-0.4, -0.2) is 29.5 Å². The Morgan fingerprint density at radius 2 is 1.88 bits per heavy atom. The van der Waals surface area contributed by atoms with Crippen molar-refractivity contribution in [2.24, 2.45) is 0 Å². The number of pyridine rings is 1. The van der Waals surface area contributed by atoms with Crippen LogP contribution in [0.15, 0.2) is 60.8 Å². The molecule has 0 amide bonds. The van der Waals surface area contributed by atoms with Gasteiger partial charge in [-0.3, -0.25) is 14.6 Å². The van der Waals surface area contributed by atoms with Crippen LogP contribution < -0.4 is 9.47 Å². The molecule has 0 saturated carbocycles. The van der Waals surface area contributed by atoms with Gasteiger partial charge in [0.05, 0.1) is 5.69 Å². The molecule has 33 heavy (non-hydrogen) atoms. The number of carbonyl (C=O) groups excluding carboxylic acids is 2. The molecular formula is C24H17F4NO4. The average Bonchev–Trinajstić information content (AvgIpc) is 2.77. The lowest BCUT2D eigenvalue weighted by Crippen LogP contribution is -2.20. The van der Waals surface area contributed by atoms with E-state index in [-0.39, 0.29) is 36.7 Å². The summed E-state index contributed by atoms with van der Waals surface area (Å²) in [5.41, 5.74) is 1.38. The summed E-state index contributed by atoms with van der Waals surface area (Å²) in [6, 6.07) is 12.2. The van der Waals surface area contributed by atoms with Crippen molar-refractivity contribution < 1.29 is 36.6 Å². The van der Waals surface area contributed by atoms with E-state index in [2.05, 4.69) is 9.72 Å². The Labute approximate surface area is 186 Å². The van der Waals surface area contributed by atoms with E-state index in [1.54, 1.807) is 12.1 Å². The number of halogens is 4. The van der Waals surface area contributed by atoms with E-state index < -0.39 is 23.8 Å². The number of ether oxygens (including phenoxy) is 2. The minimum absolute atomic E-state index is 0.00449. The Hall–Kier alpha value is -3.75. The number of rotatable bonds is 6. The van der Waals surface area contributed by atoms with Crippen LogP contribution in [0, 0.1) is 5.82 Å². The number of hydrogen-bond donors (Lipinski definition) is 0. The zero-order chi connectivity index (χ0) is 23.6. The van der Waals surface area contributed by atoms with Crippen molar-refractivity contribution in [1.82, 2.24) is 4.98 Å². The highest BCUT2D eigenvalue weighted by molar-refractivity contribution is 5.97. The lowest BCUT2D eigenvalue weighted by molar-refractivity contribution is -0.274. The van der Waals surface area contributed by atoms with Gasteiger partial charge < -0.3 is 9.47 Å². The number of ketones is 2. The average molecular weight is 459 g/mol. The molecule has 1 aromatic heterocycles. The number of nitrogens with zero attached hydrogens (tertiary/aromatic N) is 1. The number of hydrogen-bond acceptors (Lipinski definition) is 5. The molecule has 0 spiro atoms. The number of alkyl halides is 3. The Balaban J connectivity index is 1.63. The van der Waals surface area contributed by atoms with E-state index in [0.29, 0.717) is 22.4 Å². The van der Waals surface area contributed by atoms with E-state index in [1.807, 2.05) is 0 Å². The van der Waals surface area contributed by atoms with Crippen molar-refractivity contribution in [1.29, 1.82) is 0 Å². The minimum atomic E-state index is -4.84. The van der Waals surface area contributed by atoms with Crippen LogP contribution in [0.5, 0.6) is 11.5 Å². The van der Waals surface area contributed by atoms with Gasteiger partial charge in [0, 0.05) is 36.1 Å². The van der Waals surface area contributed by atoms with Crippen LogP contribution in [0.2, 0.25) is 0 Å². The number of benzene rings is 2. The Morgan fingerprint density at radius 1 is 1.12 bits per heavy atom. The van der Waals surface area contributed by atoms with Crippen LogP contribution in [-0.2, 0) is 11.2 Å². The number of carbonyl (C=O) groups is 2. The number of fused-ring (bicyclic) bond motifs is 1. The van der Waals surface area contributed by atoms with Crippen molar-refractivity contribution in [3.63, 3.8) is 0 Å². The van der Waals surface area contributed by atoms with Crippen LogP contribution in [0.1, 0.15) is 39.5 Å².